The molecule has 1 aromatic heterocycles. The first-order chi connectivity index (χ1) is 5.34. The molecule has 0 fully saturated rings. The van der Waals surface area contributed by atoms with Gasteiger partial charge >= 0.3 is 0 Å². The van der Waals surface area contributed by atoms with E-state index in [1.165, 1.54) is 4.88 Å². The molecule has 0 radical (unpaired) electrons. The Hall–Kier alpha value is -0.560. The van der Waals surface area contributed by atoms with E-state index in [9.17, 15) is 0 Å². The van der Waals surface area contributed by atoms with Crippen LogP contribution in [0, 0.1) is 0 Å². The molecule has 60 valence electrons. The highest BCUT2D eigenvalue weighted by atomic mass is 32.1. The standard InChI is InChI=1S/C10H14S/c1-3-4-6-9(2)10-7-5-8-11-10/h3-5,7-9H,6H2,1-2H3/b4-3+. The van der Waals surface area contributed by atoms with Crippen molar-refractivity contribution in [2.45, 2.75) is 26.2 Å². The molecular weight excluding hydrogens is 152 g/mol. The Bertz CT molecular complexity index is 209. The number of thiophene rings is 1. The number of rotatable bonds is 3. The molecular formula is C10H14S. The van der Waals surface area contributed by atoms with E-state index in [0.29, 0.717) is 5.92 Å². The molecule has 0 saturated carbocycles. The van der Waals surface area contributed by atoms with Gasteiger partial charge in [-0.1, -0.05) is 25.1 Å². The molecule has 1 unspecified atom stereocenters. The molecule has 11 heavy (non-hydrogen) atoms. The minimum atomic E-state index is 0.686. The number of hydrogen-bond donors (Lipinski definition) is 0. The summed E-state index contributed by atoms with van der Waals surface area (Å²) in [6, 6.07) is 4.32. The zero-order valence-electron chi connectivity index (χ0n) is 7.08. The van der Waals surface area contributed by atoms with Gasteiger partial charge in [-0.2, -0.15) is 0 Å². The van der Waals surface area contributed by atoms with Gasteiger partial charge in [-0.05, 0) is 30.7 Å². The number of hydrogen-bond acceptors (Lipinski definition) is 1. The van der Waals surface area contributed by atoms with Crippen molar-refractivity contribution in [2.75, 3.05) is 0 Å². The molecule has 0 aromatic carbocycles. The van der Waals surface area contributed by atoms with Crippen LogP contribution in [0.5, 0.6) is 0 Å². The summed E-state index contributed by atoms with van der Waals surface area (Å²) >= 11 is 1.85. The smallest absolute Gasteiger partial charge is 0.00765 e. The molecule has 0 aliphatic heterocycles. The predicted octanol–water partition coefficient (Wildman–Crippen LogP) is 3.82. The molecule has 0 amide bonds. The van der Waals surface area contributed by atoms with Gasteiger partial charge in [-0.3, -0.25) is 0 Å². The van der Waals surface area contributed by atoms with E-state index in [1.54, 1.807) is 0 Å². The second kappa shape index (κ2) is 4.35. The van der Waals surface area contributed by atoms with Crippen molar-refractivity contribution in [3.8, 4) is 0 Å². The van der Waals surface area contributed by atoms with Crippen molar-refractivity contribution in [1.82, 2.24) is 0 Å². The fourth-order valence-electron chi connectivity index (χ4n) is 1.03. The molecule has 1 rings (SSSR count). The largest absolute Gasteiger partial charge is 0.149 e. The molecule has 0 saturated heterocycles. The van der Waals surface area contributed by atoms with E-state index >= 15 is 0 Å². The topological polar surface area (TPSA) is 0 Å². The van der Waals surface area contributed by atoms with Gasteiger partial charge in [0.05, 0.1) is 0 Å². The fraction of sp³-hybridized carbons (Fsp3) is 0.400. The Labute approximate surface area is 72.6 Å². The van der Waals surface area contributed by atoms with E-state index in [1.807, 2.05) is 11.3 Å². The zero-order chi connectivity index (χ0) is 8.10. The minimum absolute atomic E-state index is 0.686. The van der Waals surface area contributed by atoms with Crippen LogP contribution >= 0.6 is 11.3 Å². The fourth-order valence-corrected chi connectivity index (χ4v) is 1.83. The molecule has 0 bridgehead atoms. The van der Waals surface area contributed by atoms with E-state index in [0.717, 1.165) is 6.42 Å². The molecule has 1 aromatic rings. The third-order valence-corrected chi connectivity index (χ3v) is 2.86. The third-order valence-electron chi connectivity index (χ3n) is 1.75. The van der Waals surface area contributed by atoms with Crippen LogP contribution in [-0.4, -0.2) is 0 Å². The van der Waals surface area contributed by atoms with Crippen LogP contribution in [0.2, 0.25) is 0 Å². The molecule has 0 aliphatic carbocycles. The minimum Gasteiger partial charge on any atom is -0.149 e. The monoisotopic (exact) mass is 166 g/mol. The van der Waals surface area contributed by atoms with Gasteiger partial charge in [0.2, 0.25) is 0 Å². The third kappa shape index (κ3) is 2.51. The lowest BCUT2D eigenvalue weighted by Gasteiger charge is -2.03. The Balaban J connectivity index is 2.49. The van der Waals surface area contributed by atoms with Gasteiger partial charge in [-0.25, -0.2) is 0 Å². The molecule has 0 N–H and O–H groups in total. The van der Waals surface area contributed by atoms with Gasteiger partial charge in [0.25, 0.3) is 0 Å². The van der Waals surface area contributed by atoms with Crippen LogP contribution in [-0.2, 0) is 0 Å². The SMILES string of the molecule is C/C=C/CC(C)c1cccs1. The highest BCUT2D eigenvalue weighted by Gasteiger charge is 2.02. The highest BCUT2D eigenvalue weighted by molar-refractivity contribution is 7.10. The van der Waals surface area contributed by atoms with E-state index in [4.69, 9.17) is 0 Å². The average Bonchev–Trinajstić information content (AvgIpc) is 2.52. The predicted molar refractivity (Wildman–Crippen MR) is 52.2 cm³/mol. The van der Waals surface area contributed by atoms with Crippen LogP contribution < -0.4 is 0 Å². The lowest BCUT2D eigenvalue weighted by Crippen LogP contribution is -1.85. The zero-order valence-corrected chi connectivity index (χ0v) is 7.90. The van der Waals surface area contributed by atoms with Gasteiger partial charge in [0.1, 0.15) is 0 Å². The summed E-state index contributed by atoms with van der Waals surface area (Å²) in [5.41, 5.74) is 0. The summed E-state index contributed by atoms with van der Waals surface area (Å²) in [6.07, 6.45) is 5.51. The first-order valence-electron chi connectivity index (χ1n) is 3.99. The lowest BCUT2D eigenvalue weighted by atomic mass is 10.1. The van der Waals surface area contributed by atoms with Crippen molar-refractivity contribution >= 4 is 11.3 Å². The first kappa shape index (κ1) is 8.54. The van der Waals surface area contributed by atoms with Gasteiger partial charge in [0.15, 0.2) is 0 Å². The Morgan fingerprint density at radius 3 is 3.00 bits per heavy atom. The van der Waals surface area contributed by atoms with Crippen molar-refractivity contribution in [3.05, 3.63) is 34.5 Å². The van der Waals surface area contributed by atoms with Crippen molar-refractivity contribution in [3.63, 3.8) is 0 Å². The maximum absolute atomic E-state index is 2.27. The Morgan fingerprint density at radius 2 is 2.45 bits per heavy atom. The molecule has 0 nitrogen and oxygen atoms in total. The summed E-state index contributed by atoms with van der Waals surface area (Å²) in [5.74, 6) is 0.686. The lowest BCUT2D eigenvalue weighted by molar-refractivity contribution is 0.797. The van der Waals surface area contributed by atoms with Crippen molar-refractivity contribution in [2.24, 2.45) is 0 Å². The molecule has 1 heteroatoms. The van der Waals surface area contributed by atoms with Crippen LogP contribution in [0.3, 0.4) is 0 Å². The normalized spacial score (nSPS) is 14.0. The molecule has 1 heterocycles. The van der Waals surface area contributed by atoms with E-state index in [2.05, 4.69) is 43.5 Å². The quantitative estimate of drug-likeness (QED) is 0.599. The maximum atomic E-state index is 2.27. The molecule has 0 spiro atoms. The molecule has 1 atom stereocenters. The van der Waals surface area contributed by atoms with Crippen LogP contribution in [0.15, 0.2) is 29.7 Å². The molecule has 0 aliphatic rings. The first-order valence-corrected chi connectivity index (χ1v) is 4.87. The summed E-state index contributed by atoms with van der Waals surface area (Å²) < 4.78 is 0. The average molecular weight is 166 g/mol. The van der Waals surface area contributed by atoms with E-state index in [-0.39, 0.29) is 0 Å². The summed E-state index contributed by atoms with van der Waals surface area (Å²) in [5, 5.41) is 2.14. The Morgan fingerprint density at radius 1 is 1.64 bits per heavy atom. The van der Waals surface area contributed by atoms with Crippen LogP contribution in [0.1, 0.15) is 31.1 Å². The van der Waals surface area contributed by atoms with Gasteiger partial charge in [-0.15, -0.1) is 11.3 Å². The van der Waals surface area contributed by atoms with E-state index < -0.39 is 0 Å². The van der Waals surface area contributed by atoms with Crippen LogP contribution in [0.25, 0.3) is 0 Å². The van der Waals surface area contributed by atoms with Crippen LogP contribution in [0.4, 0.5) is 0 Å². The second-order valence-electron chi connectivity index (χ2n) is 2.72. The highest BCUT2D eigenvalue weighted by Crippen LogP contribution is 2.23. The summed E-state index contributed by atoms with van der Waals surface area (Å²) in [6.45, 7) is 4.34. The second-order valence-corrected chi connectivity index (χ2v) is 3.70. The van der Waals surface area contributed by atoms with Gasteiger partial charge in [0, 0.05) is 4.88 Å². The Kier molecular flexibility index (Phi) is 3.37. The number of allylic oxidation sites excluding steroid dienone is 2. The van der Waals surface area contributed by atoms with Crippen molar-refractivity contribution < 1.29 is 0 Å². The summed E-state index contributed by atoms with van der Waals surface area (Å²) in [7, 11) is 0. The maximum Gasteiger partial charge on any atom is 0.00765 e. The van der Waals surface area contributed by atoms with Gasteiger partial charge < -0.3 is 0 Å². The summed E-state index contributed by atoms with van der Waals surface area (Å²) in [4.78, 5) is 1.49. The van der Waals surface area contributed by atoms with Crippen molar-refractivity contribution in [1.29, 1.82) is 0 Å².